The molecule has 2 aromatic rings. The highest BCUT2D eigenvalue weighted by Gasteiger charge is 2.19. The fourth-order valence-electron chi connectivity index (χ4n) is 2.08. The highest BCUT2D eigenvalue weighted by molar-refractivity contribution is 7.89. The molecule has 0 unspecified atom stereocenters. The van der Waals surface area contributed by atoms with Crippen LogP contribution in [0.4, 0.5) is 0 Å². The molecule has 2 aromatic carbocycles. The Morgan fingerprint density at radius 3 is 2.15 bits per heavy atom. The van der Waals surface area contributed by atoms with E-state index < -0.39 is 10.0 Å². The van der Waals surface area contributed by atoms with Gasteiger partial charge in [-0.2, -0.15) is 0 Å². The summed E-state index contributed by atoms with van der Waals surface area (Å²) >= 11 is 0. The monoisotopic (exact) mass is 289 g/mol. The van der Waals surface area contributed by atoms with Crippen molar-refractivity contribution in [3.05, 3.63) is 65.2 Å². The van der Waals surface area contributed by atoms with Crippen molar-refractivity contribution in [3.8, 4) is 0 Å². The minimum absolute atomic E-state index is 0.264. The molecule has 1 atom stereocenters. The summed E-state index contributed by atoms with van der Waals surface area (Å²) in [5, 5.41) is 0. The van der Waals surface area contributed by atoms with E-state index in [1.54, 1.807) is 25.1 Å². The first-order chi connectivity index (χ1) is 9.40. The highest BCUT2D eigenvalue weighted by atomic mass is 32.2. The van der Waals surface area contributed by atoms with Crippen LogP contribution >= 0.6 is 0 Å². The summed E-state index contributed by atoms with van der Waals surface area (Å²) in [6, 6.07) is 14.6. The largest absolute Gasteiger partial charge is 0.241 e. The van der Waals surface area contributed by atoms with Gasteiger partial charge in [0, 0.05) is 6.04 Å². The fourth-order valence-corrected chi connectivity index (χ4v) is 3.56. The van der Waals surface area contributed by atoms with Crippen molar-refractivity contribution in [1.29, 1.82) is 0 Å². The number of benzene rings is 2. The Morgan fingerprint density at radius 1 is 0.950 bits per heavy atom. The lowest BCUT2D eigenvalue weighted by Crippen LogP contribution is -2.27. The van der Waals surface area contributed by atoms with Crippen molar-refractivity contribution in [2.24, 2.45) is 0 Å². The third kappa shape index (κ3) is 3.26. The van der Waals surface area contributed by atoms with Crippen LogP contribution in [0.1, 0.15) is 29.7 Å². The number of hydrogen-bond donors (Lipinski definition) is 1. The molecular weight excluding hydrogens is 270 g/mol. The second-order valence-corrected chi connectivity index (χ2v) is 6.70. The first-order valence-electron chi connectivity index (χ1n) is 6.54. The van der Waals surface area contributed by atoms with E-state index in [0.29, 0.717) is 4.90 Å². The average molecular weight is 289 g/mol. The highest BCUT2D eigenvalue weighted by Crippen LogP contribution is 2.19. The van der Waals surface area contributed by atoms with Crippen molar-refractivity contribution in [3.63, 3.8) is 0 Å². The zero-order chi connectivity index (χ0) is 14.8. The van der Waals surface area contributed by atoms with Crippen LogP contribution in [0.2, 0.25) is 0 Å². The first-order valence-corrected chi connectivity index (χ1v) is 8.03. The molecule has 0 spiro atoms. The predicted molar refractivity (Wildman–Crippen MR) is 81.1 cm³/mol. The average Bonchev–Trinajstić information content (AvgIpc) is 2.39. The molecule has 0 radical (unpaired) electrons. The van der Waals surface area contributed by atoms with Gasteiger partial charge in [-0.05, 0) is 38.0 Å². The Kier molecular flexibility index (Phi) is 4.26. The van der Waals surface area contributed by atoms with Crippen LogP contribution < -0.4 is 4.72 Å². The van der Waals surface area contributed by atoms with Crippen LogP contribution in [-0.4, -0.2) is 8.42 Å². The van der Waals surface area contributed by atoms with Gasteiger partial charge in [-0.15, -0.1) is 0 Å². The summed E-state index contributed by atoms with van der Waals surface area (Å²) in [5.74, 6) is 0. The third-order valence-electron chi connectivity index (χ3n) is 3.29. The van der Waals surface area contributed by atoms with Crippen LogP contribution in [0.5, 0.6) is 0 Å². The Morgan fingerprint density at radius 2 is 1.55 bits per heavy atom. The molecule has 0 saturated heterocycles. The van der Waals surface area contributed by atoms with E-state index in [4.69, 9.17) is 0 Å². The molecule has 0 aliphatic rings. The van der Waals surface area contributed by atoms with Gasteiger partial charge < -0.3 is 0 Å². The van der Waals surface area contributed by atoms with Gasteiger partial charge in [0.2, 0.25) is 10.0 Å². The van der Waals surface area contributed by atoms with Gasteiger partial charge in [0.05, 0.1) is 4.90 Å². The molecule has 20 heavy (non-hydrogen) atoms. The van der Waals surface area contributed by atoms with E-state index in [1.807, 2.05) is 44.2 Å². The molecule has 3 nitrogen and oxygen atoms in total. The van der Waals surface area contributed by atoms with Crippen molar-refractivity contribution in [2.45, 2.75) is 31.7 Å². The van der Waals surface area contributed by atoms with Gasteiger partial charge in [0.15, 0.2) is 0 Å². The molecule has 106 valence electrons. The van der Waals surface area contributed by atoms with E-state index in [2.05, 4.69) is 4.72 Å². The molecule has 0 aliphatic carbocycles. The second kappa shape index (κ2) is 5.77. The molecule has 0 heterocycles. The summed E-state index contributed by atoms with van der Waals surface area (Å²) in [7, 11) is -3.50. The van der Waals surface area contributed by atoms with Crippen molar-refractivity contribution >= 4 is 10.0 Å². The Bertz CT molecular complexity index is 691. The smallest absolute Gasteiger partial charge is 0.207 e. The Labute approximate surface area is 120 Å². The standard InChI is InChI=1S/C16H19NO2S/c1-12-8-10-15(11-9-12)14(3)17-20(18,19)16-7-5-4-6-13(16)2/h4-11,14,17H,1-3H3/t14-/m1/s1. The number of rotatable bonds is 4. The van der Waals surface area contributed by atoms with Crippen molar-refractivity contribution in [1.82, 2.24) is 4.72 Å². The van der Waals surface area contributed by atoms with Crippen LogP contribution in [0.15, 0.2) is 53.4 Å². The molecule has 0 saturated carbocycles. The summed E-state index contributed by atoms with van der Waals surface area (Å²) in [6.07, 6.45) is 0. The van der Waals surface area contributed by atoms with Gasteiger partial charge in [-0.3, -0.25) is 0 Å². The van der Waals surface area contributed by atoms with E-state index in [0.717, 1.165) is 16.7 Å². The van der Waals surface area contributed by atoms with Gasteiger partial charge in [0.25, 0.3) is 0 Å². The lowest BCUT2D eigenvalue weighted by atomic mass is 10.1. The minimum atomic E-state index is -3.50. The van der Waals surface area contributed by atoms with Crippen LogP contribution in [0.25, 0.3) is 0 Å². The SMILES string of the molecule is Cc1ccc([C@@H](C)NS(=O)(=O)c2ccccc2C)cc1. The molecule has 0 aromatic heterocycles. The topological polar surface area (TPSA) is 46.2 Å². The Balaban J connectivity index is 2.24. The first kappa shape index (κ1) is 14.8. The molecule has 0 aliphatic heterocycles. The number of aryl methyl sites for hydroxylation is 2. The molecule has 0 amide bonds. The zero-order valence-electron chi connectivity index (χ0n) is 11.9. The molecule has 0 fully saturated rings. The predicted octanol–water partition coefficient (Wildman–Crippen LogP) is 3.34. The maximum absolute atomic E-state index is 12.4. The fraction of sp³-hybridized carbons (Fsp3) is 0.250. The van der Waals surface area contributed by atoms with Gasteiger partial charge in [-0.25, -0.2) is 13.1 Å². The minimum Gasteiger partial charge on any atom is -0.207 e. The van der Waals surface area contributed by atoms with Crippen molar-refractivity contribution < 1.29 is 8.42 Å². The maximum Gasteiger partial charge on any atom is 0.241 e. The lowest BCUT2D eigenvalue weighted by Gasteiger charge is -2.16. The normalized spacial score (nSPS) is 13.2. The van der Waals surface area contributed by atoms with Gasteiger partial charge >= 0.3 is 0 Å². The third-order valence-corrected chi connectivity index (χ3v) is 4.99. The summed E-state index contributed by atoms with van der Waals surface area (Å²) in [4.78, 5) is 0.332. The van der Waals surface area contributed by atoms with Crippen LogP contribution in [0, 0.1) is 13.8 Å². The van der Waals surface area contributed by atoms with Crippen molar-refractivity contribution in [2.75, 3.05) is 0 Å². The van der Waals surface area contributed by atoms with Gasteiger partial charge in [0.1, 0.15) is 0 Å². The van der Waals surface area contributed by atoms with Crippen LogP contribution in [0.3, 0.4) is 0 Å². The summed E-state index contributed by atoms with van der Waals surface area (Å²) in [5.41, 5.74) is 2.85. The molecule has 4 heteroatoms. The van der Waals surface area contributed by atoms with E-state index in [-0.39, 0.29) is 6.04 Å². The van der Waals surface area contributed by atoms with E-state index >= 15 is 0 Å². The number of sulfonamides is 1. The zero-order valence-corrected chi connectivity index (χ0v) is 12.7. The molecular formula is C16H19NO2S. The van der Waals surface area contributed by atoms with E-state index in [9.17, 15) is 8.42 Å². The lowest BCUT2D eigenvalue weighted by molar-refractivity contribution is 0.566. The second-order valence-electron chi connectivity index (χ2n) is 5.02. The van der Waals surface area contributed by atoms with Gasteiger partial charge in [-0.1, -0.05) is 48.0 Å². The van der Waals surface area contributed by atoms with E-state index in [1.165, 1.54) is 0 Å². The number of nitrogens with one attached hydrogen (secondary N) is 1. The molecule has 0 bridgehead atoms. The summed E-state index contributed by atoms with van der Waals surface area (Å²) < 4.78 is 27.5. The molecule has 1 N–H and O–H groups in total. The quantitative estimate of drug-likeness (QED) is 0.938. The molecule has 2 rings (SSSR count). The van der Waals surface area contributed by atoms with Crippen LogP contribution in [-0.2, 0) is 10.0 Å². The summed E-state index contributed by atoms with van der Waals surface area (Å²) in [6.45, 7) is 5.65. The number of hydrogen-bond acceptors (Lipinski definition) is 2. The maximum atomic E-state index is 12.4. The Hall–Kier alpha value is -1.65.